The number of carbonyl (C=O) groups is 2. The third-order valence-electron chi connectivity index (χ3n) is 2.97. The summed E-state index contributed by atoms with van der Waals surface area (Å²) in [5.74, 6) is -1.26. The average molecular weight is 319 g/mol. The van der Waals surface area contributed by atoms with E-state index in [1.54, 1.807) is 25.1 Å². The third-order valence-corrected chi connectivity index (χ3v) is 3.78. The van der Waals surface area contributed by atoms with Gasteiger partial charge in [-0.3, -0.25) is 0 Å². The molecule has 7 heteroatoms. The Morgan fingerprint density at radius 2 is 2.00 bits per heavy atom. The first-order valence-electron chi connectivity index (χ1n) is 6.11. The van der Waals surface area contributed by atoms with Crippen molar-refractivity contribution in [2.24, 2.45) is 5.92 Å². The molecule has 110 valence electrons. The molecule has 0 bridgehead atoms. The first kappa shape index (κ1) is 16.6. The monoisotopic (exact) mass is 318 g/mol. The Balaban J connectivity index is 2.76. The highest BCUT2D eigenvalue weighted by Crippen LogP contribution is 2.29. The lowest BCUT2D eigenvalue weighted by molar-refractivity contribution is -0.140. The van der Waals surface area contributed by atoms with Crippen molar-refractivity contribution in [1.29, 1.82) is 0 Å². The standard InChI is InChI=1S/C13H16Cl2N2O3/c1-3-7(2)11(12(18)19)17-13(20)16-9-6-4-5-8(14)10(9)15/h4-7,11H,3H2,1-2H3,(H,18,19)(H2,16,17,20)/t7-,11-/m0/s1. The van der Waals surface area contributed by atoms with Gasteiger partial charge < -0.3 is 15.7 Å². The number of benzene rings is 1. The summed E-state index contributed by atoms with van der Waals surface area (Å²) in [4.78, 5) is 22.9. The number of anilines is 1. The van der Waals surface area contributed by atoms with Gasteiger partial charge in [0.05, 0.1) is 15.7 Å². The van der Waals surface area contributed by atoms with Crippen molar-refractivity contribution in [3.63, 3.8) is 0 Å². The predicted molar refractivity (Wildman–Crippen MR) is 79.5 cm³/mol. The van der Waals surface area contributed by atoms with Gasteiger partial charge in [-0.15, -0.1) is 0 Å². The van der Waals surface area contributed by atoms with Gasteiger partial charge in [-0.2, -0.15) is 0 Å². The van der Waals surface area contributed by atoms with Crippen molar-refractivity contribution in [3.8, 4) is 0 Å². The smallest absolute Gasteiger partial charge is 0.326 e. The molecule has 2 amide bonds. The van der Waals surface area contributed by atoms with Crippen molar-refractivity contribution in [1.82, 2.24) is 5.32 Å². The first-order valence-corrected chi connectivity index (χ1v) is 6.86. The Hall–Kier alpha value is -1.46. The van der Waals surface area contributed by atoms with Gasteiger partial charge in [0, 0.05) is 0 Å². The van der Waals surface area contributed by atoms with Gasteiger partial charge in [0.2, 0.25) is 0 Å². The van der Waals surface area contributed by atoms with Crippen LogP contribution in [0.5, 0.6) is 0 Å². The lowest BCUT2D eigenvalue weighted by Gasteiger charge is -2.20. The van der Waals surface area contributed by atoms with Crippen LogP contribution in [0.4, 0.5) is 10.5 Å². The minimum absolute atomic E-state index is 0.187. The fourth-order valence-corrected chi connectivity index (χ4v) is 1.93. The van der Waals surface area contributed by atoms with Crippen LogP contribution in [0.3, 0.4) is 0 Å². The summed E-state index contributed by atoms with van der Waals surface area (Å²) in [6.45, 7) is 3.61. The number of amides is 2. The fraction of sp³-hybridized carbons (Fsp3) is 0.385. The van der Waals surface area contributed by atoms with E-state index in [1.165, 1.54) is 0 Å². The largest absolute Gasteiger partial charge is 0.480 e. The molecule has 0 radical (unpaired) electrons. The molecule has 0 saturated heterocycles. The molecule has 0 fully saturated rings. The van der Waals surface area contributed by atoms with E-state index < -0.39 is 18.0 Å². The molecular formula is C13H16Cl2N2O3. The van der Waals surface area contributed by atoms with Gasteiger partial charge in [-0.1, -0.05) is 49.5 Å². The quantitative estimate of drug-likeness (QED) is 0.775. The second-order valence-corrected chi connectivity index (χ2v) is 5.19. The van der Waals surface area contributed by atoms with Crippen molar-refractivity contribution in [2.75, 3.05) is 5.32 Å². The number of nitrogens with one attached hydrogen (secondary N) is 2. The summed E-state index contributed by atoms with van der Waals surface area (Å²) in [7, 11) is 0. The Bertz CT molecular complexity index is 508. The Morgan fingerprint density at radius 1 is 1.35 bits per heavy atom. The molecule has 0 unspecified atom stereocenters. The molecule has 1 rings (SSSR count). The molecule has 1 aromatic carbocycles. The van der Waals surface area contributed by atoms with Crippen LogP contribution >= 0.6 is 23.2 Å². The predicted octanol–water partition coefficient (Wildman–Crippen LogP) is 3.61. The first-order chi connectivity index (χ1) is 9.36. The maximum Gasteiger partial charge on any atom is 0.326 e. The van der Waals surface area contributed by atoms with Crippen LogP contribution in [0.2, 0.25) is 10.0 Å². The summed E-state index contributed by atoms with van der Waals surface area (Å²) in [6.07, 6.45) is 0.634. The van der Waals surface area contributed by atoms with Crippen LogP contribution in [0, 0.1) is 5.92 Å². The van der Waals surface area contributed by atoms with E-state index >= 15 is 0 Å². The van der Waals surface area contributed by atoms with Crippen LogP contribution in [0.15, 0.2) is 18.2 Å². The van der Waals surface area contributed by atoms with Crippen molar-refractivity contribution in [2.45, 2.75) is 26.3 Å². The lowest BCUT2D eigenvalue weighted by atomic mass is 9.99. The molecule has 0 aliphatic carbocycles. The summed E-state index contributed by atoms with van der Waals surface area (Å²) < 4.78 is 0. The van der Waals surface area contributed by atoms with Gasteiger partial charge in [0.15, 0.2) is 0 Å². The number of aliphatic carboxylic acids is 1. The van der Waals surface area contributed by atoms with Crippen molar-refractivity contribution in [3.05, 3.63) is 28.2 Å². The summed E-state index contributed by atoms with van der Waals surface area (Å²) >= 11 is 11.8. The summed E-state index contributed by atoms with van der Waals surface area (Å²) in [5, 5.41) is 14.5. The van der Waals surface area contributed by atoms with Crippen molar-refractivity contribution >= 4 is 40.9 Å². The van der Waals surface area contributed by atoms with Crippen LogP contribution in [0.25, 0.3) is 0 Å². The maximum atomic E-state index is 11.8. The molecule has 0 heterocycles. The maximum absolute atomic E-state index is 11.8. The number of halogens is 2. The second-order valence-electron chi connectivity index (χ2n) is 4.40. The van der Waals surface area contributed by atoms with Crippen LogP contribution < -0.4 is 10.6 Å². The Kier molecular flexibility index (Phi) is 6.10. The molecule has 5 nitrogen and oxygen atoms in total. The zero-order chi connectivity index (χ0) is 15.3. The lowest BCUT2D eigenvalue weighted by Crippen LogP contribution is -2.46. The minimum Gasteiger partial charge on any atom is -0.480 e. The van der Waals surface area contributed by atoms with Gasteiger partial charge in [0.1, 0.15) is 6.04 Å². The van der Waals surface area contributed by atoms with E-state index in [4.69, 9.17) is 28.3 Å². The molecule has 0 spiro atoms. The van der Waals surface area contributed by atoms with E-state index in [1.807, 2.05) is 6.92 Å². The molecular weight excluding hydrogens is 303 g/mol. The molecule has 0 aliphatic heterocycles. The Labute approximate surface area is 127 Å². The number of carboxylic acids is 1. The Morgan fingerprint density at radius 3 is 2.55 bits per heavy atom. The van der Waals surface area contributed by atoms with E-state index in [0.29, 0.717) is 17.1 Å². The summed E-state index contributed by atoms with van der Waals surface area (Å²) in [5.41, 5.74) is 0.324. The zero-order valence-electron chi connectivity index (χ0n) is 11.1. The van der Waals surface area contributed by atoms with E-state index in [0.717, 1.165) is 0 Å². The molecule has 0 saturated carbocycles. The van der Waals surface area contributed by atoms with E-state index in [9.17, 15) is 9.59 Å². The number of hydrogen-bond donors (Lipinski definition) is 3. The van der Waals surface area contributed by atoms with E-state index in [-0.39, 0.29) is 10.9 Å². The highest BCUT2D eigenvalue weighted by atomic mass is 35.5. The molecule has 20 heavy (non-hydrogen) atoms. The third kappa shape index (κ3) is 4.28. The van der Waals surface area contributed by atoms with Crippen LogP contribution in [-0.2, 0) is 4.79 Å². The number of rotatable bonds is 5. The van der Waals surface area contributed by atoms with Gasteiger partial charge in [0.25, 0.3) is 0 Å². The topological polar surface area (TPSA) is 78.4 Å². The molecule has 0 aromatic heterocycles. The highest BCUT2D eigenvalue weighted by molar-refractivity contribution is 6.43. The SMILES string of the molecule is CC[C@H](C)[C@H](NC(=O)Nc1cccc(Cl)c1Cl)C(=O)O. The summed E-state index contributed by atoms with van der Waals surface area (Å²) in [6, 6.07) is 3.20. The van der Waals surface area contributed by atoms with Crippen molar-refractivity contribution < 1.29 is 14.7 Å². The number of carbonyl (C=O) groups excluding carboxylic acids is 1. The zero-order valence-corrected chi connectivity index (χ0v) is 12.6. The van der Waals surface area contributed by atoms with Crippen LogP contribution in [0.1, 0.15) is 20.3 Å². The molecule has 1 aromatic rings. The van der Waals surface area contributed by atoms with Gasteiger partial charge in [-0.05, 0) is 18.1 Å². The number of urea groups is 1. The minimum atomic E-state index is -1.08. The van der Waals surface area contributed by atoms with Gasteiger partial charge >= 0.3 is 12.0 Å². The number of carboxylic acid groups (broad SMARTS) is 1. The molecule has 0 aliphatic rings. The normalized spacial score (nSPS) is 13.4. The highest BCUT2D eigenvalue weighted by Gasteiger charge is 2.25. The second kappa shape index (κ2) is 7.36. The molecule has 2 atom stereocenters. The van der Waals surface area contributed by atoms with E-state index in [2.05, 4.69) is 10.6 Å². The van der Waals surface area contributed by atoms with Crippen LogP contribution in [-0.4, -0.2) is 23.1 Å². The molecule has 3 N–H and O–H groups in total. The fourth-order valence-electron chi connectivity index (χ4n) is 1.58. The van der Waals surface area contributed by atoms with Gasteiger partial charge in [-0.25, -0.2) is 9.59 Å². The average Bonchev–Trinajstić information content (AvgIpc) is 2.40. The number of hydrogen-bond acceptors (Lipinski definition) is 2.